The Labute approximate surface area is 143 Å². The third-order valence-corrected chi connectivity index (χ3v) is 5.29. The van der Waals surface area contributed by atoms with Crippen molar-refractivity contribution in [3.8, 4) is 0 Å². The largest absolute Gasteiger partial charge is 0.336 e. The second-order valence-electron chi connectivity index (χ2n) is 6.09. The maximum atomic E-state index is 12.9. The highest BCUT2D eigenvalue weighted by molar-refractivity contribution is 6.42. The number of halogens is 2. The monoisotopic (exact) mass is 342 g/mol. The van der Waals surface area contributed by atoms with Crippen LogP contribution in [0.2, 0.25) is 10.0 Å². The van der Waals surface area contributed by atoms with Crippen LogP contribution in [0.4, 0.5) is 0 Å². The molecular formula is C17H24Cl2N2O. The highest BCUT2D eigenvalue weighted by Gasteiger charge is 2.33. The Bertz CT molecular complexity index is 531. The lowest BCUT2D eigenvalue weighted by atomic mass is 9.87. The Morgan fingerprint density at radius 3 is 2.50 bits per heavy atom. The van der Waals surface area contributed by atoms with E-state index in [4.69, 9.17) is 23.2 Å². The van der Waals surface area contributed by atoms with Gasteiger partial charge in [-0.2, -0.15) is 0 Å². The number of nitrogens with zero attached hydrogens (tertiary/aromatic N) is 1. The number of carbonyl (C=O) groups excluding carboxylic acids is 1. The summed E-state index contributed by atoms with van der Waals surface area (Å²) in [6, 6.07) is 5.60. The second-order valence-corrected chi connectivity index (χ2v) is 6.90. The van der Waals surface area contributed by atoms with Gasteiger partial charge in [-0.05, 0) is 50.0 Å². The molecule has 2 unspecified atom stereocenters. The molecule has 1 N–H and O–H groups in total. The van der Waals surface area contributed by atoms with Crippen molar-refractivity contribution in [3.05, 3.63) is 33.8 Å². The molecule has 1 aliphatic rings. The van der Waals surface area contributed by atoms with E-state index in [1.165, 1.54) is 0 Å². The molecular weight excluding hydrogens is 319 g/mol. The first-order valence-corrected chi connectivity index (χ1v) is 8.67. The average Bonchev–Trinajstić information content (AvgIpc) is 2.44. The van der Waals surface area contributed by atoms with Crippen molar-refractivity contribution < 1.29 is 4.79 Å². The minimum atomic E-state index is -0.00213. The number of rotatable bonds is 6. The summed E-state index contributed by atoms with van der Waals surface area (Å²) in [5, 5.41) is 4.31. The molecule has 1 aromatic rings. The first kappa shape index (κ1) is 17.6. The SMILES string of the molecule is CCCN(C(=O)C(C)C1CNC1)C(C)c1ccc(Cl)c(Cl)c1. The fourth-order valence-corrected chi connectivity index (χ4v) is 3.12. The van der Waals surface area contributed by atoms with Gasteiger partial charge in [0.05, 0.1) is 16.1 Å². The van der Waals surface area contributed by atoms with E-state index in [1.807, 2.05) is 24.0 Å². The standard InChI is InChI=1S/C17H24Cl2N2O/c1-4-7-21(17(22)11(2)14-9-20-10-14)12(3)13-5-6-15(18)16(19)8-13/h5-6,8,11-12,14,20H,4,7,9-10H2,1-3H3. The topological polar surface area (TPSA) is 32.3 Å². The Morgan fingerprint density at radius 2 is 2.00 bits per heavy atom. The molecule has 1 amide bonds. The first-order chi connectivity index (χ1) is 10.5. The minimum Gasteiger partial charge on any atom is -0.336 e. The summed E-state index contributed by atoms with van der Waals surface area (Å²) < 4.78 is 0. The molecule has 3 nitrogen and oxygen atoms in total. The fourth-order valence-electron chi connectivity index (χ4n) is 2.82. The van der Waals surface area contributed by atoms with Gasteiger partial charge in [-0.3, -0.25) is 4.79 Å². The maximum Gasteiger partial charge on any atom is 0.226 e. The Kier molecular flexibility index (Phi) is 6.13. The van der Waals surface area contributed by atoms with Crippen molar-refractivity contribution in [2.75, 3.05) is 19.6 Å². The predicted octanol–water partition coefficient (Wildman–Crippen LogP) is 4.15. The highest BCUT2D eigenvalue weighted by Crippen LogP contribution is 2.30. The van der Waals surface area contributed by atoms with Crippen molar-refractivity contribution >= 4 is 29.1 Å². The zero-order chi connectivity index (χ0) is 16.3. The van der Waals surface area contributed by atoms with Gasteiger partial charge in [-0.15, -0.1) is 0 Å². The molecule has 2 rings (SSSR count). The van der Waals surface area contributed by atoms with E-state index in [2.05, 4.69) is 19.2 Å². The Hall–Kier alpha value is -0.770. The van der Waals surface area contributed by atoms with Gasteiger partial charge in [0.1, 0.15) is 0 Å². The van der Waals surface area contributed by atoms with Crippen LogP contribution in [0.3, 0.4) is 0 Å². The van der Waals surface area contributed by atoms with Crippen LogP contribution in [0.5, 0.6) is 0 Å². The third kappa shape index (κ3) is 3.76. The fraction of sp³-hybridized carbons (Fsp3) is 0.588. The summed E-state index contributed by atoms with van der Waals surface area (Å²) in [6.45, 7) is 8.82. The molecule has 1 saturated heterocycles. The van der Waals surface area contributed by atoms with E-state index in [-0.39, 0.29) is 17.9 Å². The van der Waals surface area contributed by atoms with E-state index in [1.54, 1.807) is 6.07 Å². The van der Waals surface area contributed by atoms with E-state index in [0.29, 0.717) is 16.0 Å². The van der Waals surface area contributed by atoms with Crippen LogP contribution >= 0.6 is 23.2 Å². The molecule has 1 aromatic carbocycles. The molecule has 0 radical (unpaired) electrons. The Balaban J connectivity index is 2.17. The zero-order valence-electron chi connectivity index (χ0n) is 13.4. The summed E-state index contributed by atoms with van der Waals surface area (Å²) in [7, 11) is 0. The van der Waals surface area contributed by atoms with Crippen LogP contribution < -0.4 is 5.32 Å². The number of carbonyl (C=O) groups is 1. The minimum absolute atomic E-state index is 0.00213. The molecule has 0 spiro atoms. The molecule has 0 saturated carbocycles. The van der Waals surface area contributed by atoms with Gasteiger partial charge in [-0.25, -0.2) is 0 Å². The Morgan fingerprint density at radius 1 is 1.32 bits per heavy atom. The summed E-state index contributed by atoms with van der Waals surface area (Å²) >= 11 is 12.1. The maximum absolute atomic E-state index is 12.9. The number of hydrogen-bond donors (Lipinski definition) is 1. The van der Waals surface area contributed by atoms with E-state index < -0.39 is 0 Å². The van der Waals surface area contributed by atoms with Crippen molar-refractivity contribution in [1.82, 2.24) is 10.2 Å². The van der Waals surface area contributed by atoms with Crippen LogP contribution in [0.1, 0.15) is 38.8 Å². The van der Waals surface area contributed by atoms with Crippen molar-refractivity contribution in [2.45, 2.75) is 33.2 Å². The number of amides is 1. The molecule has 122 valence electrons. The predicted molar refractivity (Wildman–Crippen MR) is 92.4 cm³/mol. The molecule has 1 fully saturated rings. The molecule has 0 aromatic heterocycles. The molecule has 0 bridgehead atoms. The summed E-state index contributed by atoms with van der Waals surface area (Å²) in [5.74, 6) is 0.734. The lowest BCUT2D eigenvalue weighted by Crippen LogP contribution is -2.50. The number of hydrogen-bond acceptors (Lipinski definition) is 2. The van der Waals surface area contributed by atoms with Crippen LogP contribution in [0, 0.1) is 11.8 Å². The van der Waals surface area contributed by atoms with Gasteiger partial charge in [0.25, 0.3) is 0 Å². The van der Waals surface area contributed by atoms with Gasteiger partial charge >= 0.3 is 0 Å². The van der Waals surface area contributed by atoms with Gasteiger partial charge in [0.15, 0.2) is 0 Å². The van der Waals surface area contributed by atoms with E-state index in [9.17, 15) is 4.79 Å². The van der Waals surface area contributed by atoms with Crippen molar-refractivity contribution in [2.24, 2.45) is 11.8 Å². The summed E-state index contributed by atoms with van der Waals surface area (Å²) in [4.78, 5) is 14.8. The molecule has 1 heterocycles. The highest BCUT2D eigenvalue weighted by atomic mass is 35.5. The molecule has 2 atom stereocenters. The normalized spacial score (nSPS) is 17.7. The van der Waals surface area contributed by atoms with Crippen molar-refractivity contribution in [1.29, 1.82) is 0 Å². The van der Waals surface area contributed by atoms with E-state index >= 15 is 0 Å². The zero-order valence-corrected chi connectivity index (χ0v) is 14.9. The van der Waals surface area contributed by atoms with Gasteiger partial charge in [0.2, 0.25) is 5.91 Å². The van der Waals surface area contributed by atoms with E-state index in [0.717, 1.165) is 31.6 Å². The number of benzene rings is 1. The quantitative estimate of drug-likeness (QED) is 0.842. The third-order valence-electron chi connectivity index (χ3n) is 4.55. The van der Waals surface area contributed by atoms with Gasteiger partial charge in [-0.1, -0.05) is 43.1 Å². The number of nitrogens with one attached hydrogen (secondary N) is 1. The lowest BCUT2D eigenvalue weighted by Gasteiger charge is -2.37. The van der Waals surface area contributed by atoms with Crippen LogP contribution in [0.25, 0.3) is 0 Å². The van der Waals surface area contributed by atoms with Crippen LogP contribution in [0.15, 0.2) is 18.2 Å². The second kappa shape index (κ2) is 7.67. The van der Waals surface area contributed by atoms with Gasteiger partial charge in [0, 0.05) is 12.5 Å². The molecule has 5 heteroatoms. The van der Waals surface area contributed by atoms with Crippen LogP contribution in [-0.4, -0.2) is 30.4 Å². The summed E-state index contributed by atoms with van der Waals surface area (Å²) in [6.07, 6.45) is 0.938. The van der Waals surface area contributed by atoms with Gasteiger partial charge < -0.3 is 10.2 Å². The van der Waals surface area contributed by atoms with Crippen molar-refractivity contribution in [3.63, 3.8) is 0 Å². The summed E-state index contributed by atoms with van der Waals surface area (Å²) in [5.41, 5.74) is 1.02. The first-order valence-electron chi connectivity index (χ1n) is 7.91. The average molecular weight is 343 g/mol. The van der Waals surface area contributed by atoms with Crippen LogP contribution in [-0.2, 0) is 4.79 Å². The molecule has 0 aliphatic carbocycles. The molecule has 1 aliphatic heterocycles. The molecule has 22 heavy (non-hydrogen) atoms. The lowest BCUT2D eigenvalue weighted by molar-refractivity contribution is -0.139. The smallest absolute Gasteiger partial charge is 0.226 e.